The molecule has 1 aliphatic rings. The summed E-state index contributed by atoms with van der Waals surface area (Å²) in [6.45, 7) is 1.88. The van der Waals surface area contributed by atoms with E-state index in [0.29, 0.717) is 22.2 Å². The van der Waals surface area contributed by atoms with Crippen LogP contribution in [0.25, 0.3) is 0 Å². The molecule has 0 spiro atoms. The molecular formula is C20H15ClN2O4S. The van der Waals surface area contributed by atoms with E-state index in [4.69, 9.17) is 16.3 Å². The SMILES string of the molecule is Cc1ccc(S(=O)(=O)Nc2ccc3c(c2)C(=O)Nc2cc(Cl)ccc2O3)cc1. The minimum atomic E-state index is -3.78. The molecule has 8 heteroatoms. The Hall–Kier alpha value is -3.03. The van der Waals surface area contributed by atoms with Gasteiger partial charge in [0.15, 0.2) is 5.75 Å². The Balaban J connectivity index is 1.66. The molecule has 0 atom stereocenters. The Kier molecular flexibility index (Phi) is 4.49. The molecule has 6 nitrogen and oxygen atoms in total. The zero-order valence-electron chi connectivity index (χ0n) is 14.7. The first-order chi connectivity index (χ1) is 13.3. The molecule has 0 saturated heterocycles. The standard InChI is InChI=1S/C20H15ClN2O4S/c1-12-2-6-15(7-3-12)28(25,26)23-14-5-9-18-16(11-14)20(24)22-17-10-13(21)4-8-19(17)27-18/h2-11,23H,1H3,(H,22,24). The van der Waals surface area contributed by atoms with E-state index in [9.17, 15) is 13.2 Å². The molecule has 0 bridgehead atoms. The van der Waals surface area contributed by atoms with Crippen LogP contribution < -0.4 is 14.8 Å². The van der Waals surface area contributed by atoms with Crippen LogP contribution in [0.3, 0.4) is 0 Å². The maximum absolute atomic E-state index is 12.6. The number of amides is 1. The average Bonchev–Trinajstić information content (AvgIpc) is 2.77. The third-order valence-corrected chi connectivity index (χ3v) is 5.85. The first-order valence-electron chi connectivity index (χ1n) is 8.34. The molecule has 0 fully saturated rings. The van der Waals surface area contributed by atoms with Crippen molar-refractivity contribution in [3.8, 4) is 11.5 Å². The molecule has 1 amide bonds. The number of fused-ring (bicyclic) bond motifs is 2. The lowest BCUT2D eigenvalue weighted by atomic mass is 10.1. The van der Waals surface area contributed by atoms with Gasteiger partial charge in [-0.3, -0.25) is 9.52 Å². The summed E-state index contributed by atoms with van der Waals surface area (Å²) in [4.78, 5) is 12.7. The molecular weight excluding hydrogens is 400 g/mol. The second-order valence-electron chi connectivity index (χ2n) is 6.33. The van der Waals surface area contributed by atoms with Gasteiger partial charge in [-0.1, -0.05) is 29.3 Å². The highest BCUT2D eigenvalue weighted by molar-refractivity contribution is 7.92. The zero-order chi connectivity index (χ0) is 19.9. The number of halogens is 1. The summed E-state index contributed by atoms with van der Waals surface area (Å²) in [5, 5.41) is 3.18. The predicted molar refractivity (Wildman–Crippen MR) is 108 cm³/mol. The van der Waals surface area contributed by atoms with Crippen molar-refractivity contribution in [2.24, 2.45) is 0 Å². The number of rotatable bonds is 3. The van der Waals surface area contributed by atoms with E-state index in [1.807, 2.05) is 6.92 Å². The summed E-state index contributed by atoms with van der Waals surface area (Å²) in [6, 6.07) is 15.9. The van der Waals surface area contributed by atoms with Gasteiger partial charge < -0.3 is 10.1 Å². The van der Waals surface area contributed by atoms with E-state index in [0.717, 1.165) is 5.56 Å². The molecule has 0 aromatic heterocycles. The number of sulfonamides is 1. The van der Waals surface area contributed by atoms with Crippen molar-refractivity contribution in [3.05, 3.63) is 76.8 Å². The smallest absolute Gasteiger partial charge is 0.261 e. The molecule has 0 aliphatic carbocycles. The largest absolute Gasteiger partial charge is 0.454 e. The lowest BCUT2D eigenvalue weighted by Crippen LogP contribution is -2.14. The molecule has 1 aliphatic heterocycles. The minimum Gasteiger partial charge on any atom is -0.454 e. The van der Waals surface area contributed by atoms with E-state index < -0.39 is 15.9 Å². The number of hydrogen-bond donors (Lipinski definition) is 2. The van der Waals surface area contributed by atoms with Gasteiger partial charge in [0.1, 0.15) is 5.75 Å². The van der Waals surface area contributed by atoms with E-state index in [1.54, 1.807) is 42.5 Å². The van der Waals surface area contributed by atoms with Crippen molar-refractivity contribution in [1.29, 1.82) is 0 Å². The second-order valence-corrected chi connectivity index (χ2v) is 8.44. The highest BCUT2D eigenvalue weighted by Gasteiger charge is 2.23. The fraction of sp³-hybridized carbons (Fsp3) is 0.0500. The van der Waals surface area contributed by atoms with Crippen LogP contribution in [0.1, 0.15) is 15.9 Å². The highest BCUT2D eigenvalue weighted by Crippen LogP contribution is 2.38. The van der Waals surface area contributed by atoms with Crippen LogP contribution in [0.15, 0.2) is 65.6 Å². The van der Waals surface area contributed by atoms with E-state index >= 15 is 0 Å². The first-order valence-corrected chi connectivity index (χ1v) is 10.2. The average molecular weight is 415 g/mol. The maximum Gasteiger partial charge on any atom is 0.261 e. The van der Waals surface area contributed by atoms with Gasteiger partial charge in [-0.05, 0) is 55.5 Å². The monoisotopic (exact) mass is 414 g/mol. The van der Waals surface area contributed by atoms with E-state index in [1.165, 1.54) is 18.2 Å². The Morgan fingerprint density at radius 2 is 1.68 bits per heavy atom. The van der Waals surface area contributed by atoms with Crippen LogP contribution in [0.4, 0.5) is 11.4 Å². The number of benzene rings is 3. The highest BCUT2D eigenvalue weighted by atomic mass is 35.5. The van der Waals surface area contributed by atoms with Crippen LogP contribution >= 0.6 is 11.6 Å². The Labute approximate surface area is 167 Å². The molecule has 0 radical (unpaired) electrons. The molecule has 4 rings (SSSR count). The van der Waals surface area contributed by atoms with Gasteiger partial charge in [0, 0.05) is 10.7 Å². The normalized spacial score (nSPS) is 12.9. The predicted octanol–water partition coefficient (Wildman–Crippen LogP) is 4.81. The Bertz CT molecular complexity index is 1190. The molecule has 2 N–H and O–H groups in total. The van der Waals surface area contributed by atoms with Gasteiger partial charge in [0.05, 0.1) is 16.1 Å². The molecule has 1 heterocycles. The van der Waals surface area contributed by atoms with E-state index in [2.05, 4.69) is 10.0 Å². The van der Waals surface area contributed by atoms with Crippen LogP contribution in [-0.4, -0.2) is 14.3 Å². The molecule has 142 valence electrons. The van der Waals surface area contributed by atoms with Crippen molar-refractivity contribution in [1.82, 2.24) is 0 Å². The topological polar surface area (TPSA) is 84.5 Å². The zero-order valence-corrected chi connectivity index (χ0v) is 16.3. The van der Waals surface area contributed by atoms with Crippen LogP contribution in [0.5, 0.6) is 11.5 Å². The van der Waals surface area contributed by atoms with Crippen molar-refractivity contribution in [2.45, 2.75) is 11.8 Å². The lowest BCUT2D eigenvalue weighted by molar-refractivity contribution is 0.102. The molecule has 3 aromatic rings. The van der Waals surface area contributed by atoms with Crippen LogP contribution in [-0.2, 0) is 10.0 Å². The van der Waals surface area contributed by atoms with Crippen molar-refractivity contribution in [3.63, 3.8) is 0 Å². The van der Waals surface area contributed by atoms with Crippen molar-refractivity contribution >= 4 is 38.9 Å². The van der Waals surface area contributed by atoms with E-state index in [-0.39, 0.29) is 16.1 Å². The maximum atomic E-state index is 12.6. The lowest BCUT2D eigenvalue weighted by Gasteiger charge is -2.11. The molecule has 0 unspecified atom stereocenters. The number of carbonyl (C=O) groups excluding carboxylic acids is 1. The number of anilines is 2. The number of hydrogen-bond acceptors (Lipinski definition) is 4. The van der Waals surface area contributed by atoms with Gasteiger partial charge in [-0.2, -0.15) is 0 Å². The van der Waals surface area contributed by atoms with Gasteiger partial charge in [-0.15, -0.1) is 0 Å². The van der Waals surface area contributed by atoms with Crippen molar-refractivity contribution in [2.75, 3.05) is 10.0 Å². The fourth-order valence-corrected chi connectivity index (χ4v) is 4.01. The number of aryl methyl sites for hydroxylation is 1. The van der Waals surface area contributed by atoms with Gasteiger partial charge in [0.2, 0.25) is 0 Å². The van der Waals surface area contributed by atoms with Gasteiger partial charge >= 0.3 is 0 Å². The fourth-order valence-electron chi connectivity index (χ4n) is 2.79. The minimum absolute atomic E-state index is 0.135. The molecule has 3 aromatic carbocycles. The second kappa shape index (κ2) is 6.85. The Morgan fingerprint density at radius 3 is 2.43 bits per heavy atom. The summed E-state index contributed by atoms with van der Waals surface area (Å²) < 4.78 is 33.5. The summed E-state index contributed by atoms with van der Waals surface area (Å²) in [6.07, 6.45) is 0. The van der Waals surface area contributed by atoms with Crippen molar-refractivity contribution < 1.29 is 17.9 Å². The van der Waals surface area contributed by atoms with Crippen LogP contribution in [0.2, 0.25) is 5.02 Å². The number of ether oxygens (including phenoxy) is 1. The van der Waals surface area contributed by atoms with Crippen LogP contribution in [0, 0.1) is 6.92 Å². The van der Waals surface area contributed by atoms with Gasteiger partial charge in [-0.25, -0.2) is 8.42 Å². The number of nitrogens with one attached hydrogen (secondary N) is 2. The van der Waals surface area contributed by atoms with Gasteiger partial charge in [0.25, 0.3) is 15.9 Å². The summed E-state index contributed by atoms with van der Waals surface area (Å²) >= 11 is 5.97. The third-order valence-electron chi connectivity index (χ3n) is 4.22. The quantitative estimate of drug-likeness (QED) is 0.644. The first kappa shape index (κ1) is 18.3. The summed E-state index contributed by atoms with van der Waals surface area (Å²) in [5.74, 6) is 0.341. The molecule has 0 saturated carbocycles. The number of carbonyl (C=O) groups is 1. The molecule has 28 heavy (non-hydrogen) atoms. The summed E-state index contributed by atoms with van der Waals surface area (Å²) in [5.41, 5.74) is 1.85. The summed E-state index contributed by atoms with van der Waals surface area (Å²) in [7, 11) is -3.78. The Morgan fingerprint density at radius 1 is 0.964 bits per heavy atom. The third kappa shape index (κ3) is 3.54.